The summed E-state index contributed by atoms with van der Waals surface area (Å²) in [5, 5.41) is 8.12. The molecular weight excluding hydrogens is 293 g/mol. The molecule has 21 heavy (non-hydrogen) atoms. The average Bonchev–Trinajstić information content (AvgIpc) is 2.96. The summed E-state index contributed by atoms with van der Waals surface area (Å²) >= 11 is 5.72. The minimum absolute atomic E-state index is 0.145. The highest BCUT2D eigenvalue weighted by atomic mass is 35.5. The molecule has 0 amide bonds. The van der Waals surface area contributed by atoms with Crippen LogP contribution in [0.4, 0.5) is 4.39 Å². The van der Waals surface area contributed by atoms with Crippen LogP contribution in [-0.2, 0) is 6.61 Å². The minimum Gasteiger partial charge on any atom is -0.472 e. The van der Waals surface area contributed by atoms with Crippen LogP contribution in [-0.4, -0.2) is 22.9 Å². The topological polar surface area (TPSA) is 39.1 Å². The van der Waals surface area contributed by atoms with E-state index in [2.05, 4.69) is 10.4 Å². The lowest BCUT2D eigenvalue weighted by atomic mass is 10.1. The Kier molecular flexibility index (Phi) is 4.41. The van der Waals surface area contributed by atoms with Crippen molar-refractivity contribution in [3.05, 3.63) is 46.9 Å². The van der Waals surface area contributed by atoms with Gasteiger partial charge in [-0.3, -0.25) is 4.68 Å². The number of halogens is 2. The van der Waals surface area contributed by atoms with Crippen molar-refractivity contribution < 1.29 is 9.13 Å². The van der Waals surface area contributed by atoms with E-state index < -0.39 is 0 Å². The van der Waals surface area contributed by atoms with Crippen molar-refractivity contribution in [2.75, 3.05) is 13.1 Å². The van der Waals surface area contributed by atoms with Crippen LogP contribution in [0.3, 0.4) is 0 Å². The Bertz CT molecular complexity index is 611. The lowest BCUT2D eigenvalue weighted by molar-refractivity contribution is 0.274. The molecule has 6 heteroatoms. The van der Waals surface area contributed by atoms with Gasteiger partial charge in [0.1, 0.15) is 12.4 Å². The van der Waals surface area contributed by atoms with Crippen LogP contribution in [0.5, 0.6) is 5.88 Å². The zero-order chi connectivity index (χ0) is 14.7. The lowest BCUT2D eigenvalue weighted by Gasteiger charge is -2.22. The maximum absolute atomic E-state index is 13.7. The van der Waals surface area contributed by atoms with Crippen molar-refractivity contribution in [3.63, 3.8) is 0 Å². The third-order valence-electron chi connectivity index (χ3n) is 3.66. The number of piperidine rings is 1. The summed E-state index contributed by atoms with van der Waals surface area (Å²) in [5.41, 5.74) is 0.468. The van der Waals surface area contributed by atoms with Gasteiger partial charge in [-0.25, -0.2) is 4.39 Å². The highest BCUT2D eigenvalue weighted by Crippen LogP contribution is 2.21. The molecule has 1 fully saturated rings. The molecule has 1 N–H and O–H groups in total. The summed E-state index contributed by atoms with van der Waals surface area (Å²) in [7, 11) is 0. The van der Waals surface area contributed by atoms with Gasteiger partial charge in [-0.05, 0) is 38.1 Å². The van der Waals surface area contributed by atoms with Crippen molar-refractivity contribution in [1.82, 2.24) is 15.1 Å². The molecule has 1 aromatic carbocycles. The molecule has 1 aliphatic rings. The van der Waals surface area contributed by atoms with E-state index in [1.807, 2.05) is 16.9 Å². The van der Waals surface area contributed by atoms with Gasteiger partial charge in [0.25, 0.3) is 0 Å². The summed E-state index contributed by atoms with van der Waals surface area (Å²) < 4.78 is 21.1. The van der Waals surface area contributed by atoms with Gasteiger partial charge in [-0.2, -0.15) is 0 Å². The molecule has 1 aromatic heterocycles. The van der Waals surface area contributed by atoms with Crippen molar-refractivity contribution in [2.24, 2.45) is 0 Å². The van der Waals surface area contributed by atoms with Crippen LogP contribution in [0.15, 0.2) is 30.5 Å². The van der Waals surface area contributed by atoms with Gasteiger partial charge in [0, 0.05) is 22.8 Å². The van der Waals surface area contributed by atoms with Crippen molar-refractivity contribution in [3.8, 4) is 5.88 Å². The predicted octanol–water partition coefficient (Wildman–Crippen LogP) is 3.18. The maximum Gasteiger partial charge on any atom is 0.233 e. The van der Waals surface area contributed by atoms with Crippen molar-refractivity contribution in [1.29, 1.82) is 0 Å². The first-order chi connectivity index (χ1) is 10.2. The molecule has 0 radical (unpaired) electrons. The van der Waals surface area contributed by atoms with Crippen LogP contribution in [0.25, 0.3) is 0 Å². The Balaban J connectivity index is 1.61. The van der Waals surface area contributed by atoms with E-state index in [-0.39, 0.29) is 12.4 Å². The summed E-state index contributed by atoms with van der Waals surface area (Å²) in [5.74, 6) is 0.156. The summed E-state index contributed by atoms with van der Waals surface area (Å²) in [4.78, 5) is 0. The van der Waals surface area contributed by atoms with Gasteiger partial charge >= 0.3 is 0 Å². The molecule has 0 bridgehead atoms. The lowest BCUT2D eigenvalue weighted by Crippen LogP contribution is -2.29. The number of rotatable bonds is 4. The van der Waals surface area contributed by atoms with Crippen LogP contribution in [0.2, 0.25) is 5.02 Å². The highest BCUT2D eigenvalue weighted by Gasteiger charge is 2.16. The first-order valence-corrected chi connectivity index (χ1v) is 7.43. The zero-order valence-electron chi connectivity index (χ0n) is 11.6. The van der Waals surface area contributed by atoms with E-state index >= 15 is 0 Å². The number of aromatic nitrogens is 2. The maximum atomic E-state index is 13.7. The van der Waals surface area contributed by atoms with Crippen LogP contribution in [0, 0.1) is 5.82 Å². The average molecular weight is 310 g/mol. The second-order valence-electron chi connectivity index (χ2n) is 5.14. The number of nitrogens with one attached hydrogen (secondary N) is 1. The van der Waals surface area contributed by atoms with Crippen LogP contribution < -0.4 is 10.1 Å². The highest BCUT2D eigenvalue weighted by molar-refractivity contribution is 6.30. The molecule has 3 rings (SSSR count). The molecule has 0 atom stereocenters. The van der Waals surface area contributed by atoms with Gasteiger partial charge in [0.15, 0.2) is 0 Å². The molecule has 0 saturated carbocycles. The van der Waals surface area contributed by atoms with E-state index in [9.17, 15) is 4.39 Å². The summed E-state index contributed by atoms with van der Waals surface area (Å²) in [6, 6.07) is 6.79. The summed E-state index contributed by atoms with van der Waals surface area (Å²) in [6.45, 7) is 2.17. The summed E-state index contributed by atoms with van der Waals surface area (Å²) in [6.07, 6.45) is 4.05. The second-order valence-corrected chi connectivity index (χ2v) is 5.58. The third kappa shape index (κ3) is 3.54. The number of hydrogen-bond donors (Lipinski definition) is 1. The number of hydrogen-bond acceptors (Lipinski definition) is 3. The van der Waals surface area contributed by atoms with Gasteiger partial charge < -0.3 is 10.1 Å². The minimum atomic E-state index is -0.361. The van der Waals surface area contributed by atoms with Gasteiger partial charge in [0.2, 0.25) is 5.88 Å². The molecule has 4 nitrogen and oxygen atoms in total. The largest absolute Gasteiger partial charge is 0.472 e. The fourth-order valence-corrected chi connectivity index (χ4v) is 2.62. The zero-order valence-corrected chi connectivity index (χ0v) is 12.3. The Hall–Kier alpha value is -1.59. The molecule has 112 valence electrons. The standard InChI is InChI=1S/C15H17ClFN3O/c16-12-2-1-11(14(17)9-12)10-21-15-5-8-20(19-15)13-3-6-18-7-4-13/h1-2,5,8-9,13,18H,3-4,6-7,10H2. The first kappa shape index (κ1) is 14.4. The van der Waals surface area contributed by atoms with E-state index in [0.29, 0.717) is 22.5 Å². The van der Waals surface area contributed by atoms with E-state index in [4.69, 9.17) is 16.3 Å². The van der Waals surface area contributed by atoms with Crippen LogP contribution in [0.1, 0.15) is 24.4 Å². The SMILES string of the molecule is Fc1cc(Cl)ccc1COc1ccn(C2CCNCC2)n1. The number of benzene rings is 1. The fraction of sp³-hybridized carbons (Fsp3) is 0.400. The monoisotopic (exact) mass is 309 g/mol. The van der Waals surface area contributed by atoms with E-state index in [0.717, 1.165) is 25.9 Å². The van der Waals surface area contributed by atoms with Crippen molar-refractivity contribution in [2.45, 2.75) is 25.5 Å². The smallest absolute Gasteiger partial charge is 0.233 e. The predicted molar refractivity (Wildman–Crippen MR) is 79.1 cm³/mol. The van der Waals surface area contributed by atoms with E-state index in [1.165, 1.54) is 6.07 Å². The van der Waals surface area contributed by atoms with Crippen LogP contribution >= 0.6 is 11.6 Å². The Morgan fingerprint density at radius 3 is 2.90 bits per heavy atom. The second kappa shape index (κ2) is 6.45. The third-order valence-corrected chi connectivity index (χ3v) is 3.89. The Morgan fingerprint density at radius 1 is 1.33 bits per heavy atom. The number of ether oxygens (including phenoxy) is 1. The molecule has 0 spiro atoms. The molecule has 1 aliphatic heterocycles. The normalized spacial score (nSPS) is 16.1. The van der Waals surface area contributed by atoms with Gasteiger partial charge in [-0.15, -0.1) is 5.10 Å². The fourth-order valence-electron chi connectivity index (χ4n) is 2.46. The molecule has 2 heterocycles. The van der Waals surface area contributed by atoms with E-state index in [1.54, 1.807) is 12.1 Å². The van der Waals surface area contributed by atoms with Gasteiger partial charge in [-0.1, -0.05) is 17.7 Å². The molecular formula is C15H17ClFN3O. The molecule has 0 aliphatic carbocycles. The van der Waals surface area contributed by atoms with Gasteiger partial charge in [0.05, 0.1) is 6.04 Å². The Labute approximate surface area is 127 Å². The number of nitrogens with zero attached hydrogens (tertiary/aromatic N) is 2. The molecule has 2 aromatic rings. The Morgan fingerprint density at radius 2 is 2.14 bits per heavy atom. The quantitative estimate of drug-likeness (QED) is 0.943. The first-order valence-electron chi connectivity index (χ1n) is 7.05. The molecule has 1 saturated heterocycles. The molecule has 0 unspecified atom stereocenters. The van der Waals surface area contributed by atoms with Crippen molar-refractivity contribution >= 4 is 11.6 Å².